The van der Waals surface area contributed by atoms with E-state index in [1.54, 1.807) is 0 Å². The van der Waals surface area contributed by atoms with Gasteiger partial charge in [-0.3, -0.25) is 0 Å². The Hall–Kier alpha value is -14.0. The first kappa shape index (κ1) is 80.5. The Morgan fingerprint density at radius 1 is 0.0957 bits per heavy atom. The summed E-state index contributed by atoms with van der Waals surface area (Å²) in [7, 11) is 0. The lowest BCUT2D eigenvalue weighted by Gasteiger charge is -2.08. The summed E-state index contributed by atoms with van der Waals surface area (Å²) in [6, 6.07) is 168. The molecule has 0 saturated heterocycles. The first-order valence-electron chi connectivity index (χ1n) is 39.7. The Morgan fingerprint density at radius 2 is 0.252 bits per heavy atom. The van der Waals surface area contributed by atoms with Crippen molar-refractivity contribution in [1.29, 1.82) is 0 Å². The fraction of sp³-hybridized carbons (Fsp3) is 0.0609. The van der Waals surface area contributed by atoms with Gasteiger partial charge >= 0.3 is 0 Å². The number of rotatable bonds is 11. The maximum Gasteiger partial charge on any atom is -0.0155 e. The first-order valence-corrected chi connectivity index (χ1v) is 39.7. The quantitative estimate of drug-likeness (QED) is 0.121. The maximum atomic E-state index is 2.26. The van der Waals surface area contributed by atoms with Gasteiger partial charge in [-0.15, -0.1) is 0 Å². The molecule has 18 aromatic carbocycles. The molecule has 0 radical (unpaired) electrons. The van der Waals surface area contributed by atoms with Crippen LogP contribution in [0.1, 0.15) is 38.9 Å². The van der Waals surface area contributed by atoms with Crippen molar-refractivity contribution < 1.29 is 0 Å². The van der Waals surface area contributed by atoms with Crippen LogP contribution in [0.2, 0.25) is 0 Å². The van der Waals surface area contributed by atoms with Gasteiger partial charge in [0.25, 0.3) is 0 Å². The molecule has 0 aliphatic rings. The molecule has 0 N–H and O–H groups in total. The van der Waals surface area contributed by atoms with Crippen LogP contribution in [0.3, 0.4) is 0 Å². The minimum atomic E-state index is 1.26. The number of hydrogen-bond acceptors (Lipinski definition) is 0. The summed E-state index contributed by atoms with van der Waals surface area (Å²) in [6.07, 6.45) is 0. The van der Waals surface area contributed by atoms with Crippen molar-refractivity contribution in [1.82, 2.24) is 0 Å². The van der Waals surface area contributed by atoms with Crippen LogP contribution in [-0.4, -0.2) is 0 Å². The minimum Gasteiger partial charge on any atom is -0.0622 e. The predicted octanol–water partition coefficient (Wildman–Crippen LogP) is 32.3. The second-order valence-electron chi connectivity index (χ2n) is 28.9. The van der Waals surface area contributed by atoms with E-state index in [1.165, 1.54) is 161 Å². The second kappa shape index (κ2) is 42.4. The lowest BCUT2D eigenvalue weighted by atomic mass is 9.96. The zero-order valence-electron chi connectivity index (χ0n) is 67.1. The Kier molecular flexibility index (Phi) is 29.7. The summed E-state index contributed by atoms with van der Waals surface area (Å²) in [5, 5.41) is 0. The van der Waals surface area contributed by atoms with E-state index in [9.17, 15) is 0 Å². The molecule has 0 saturated carbocycles. The van der Waals surface area contributed by atoms with Crippen LogP contribution < -0.4 is 0 Å². The number of benzene rings is 18. The van der Waals surface area contributed by atoms with E-state index in [0.29, 0.717) is 0 Å². The summed E-state index contributed by atoms with van der Waals surface area (Å²) in [5.41, 5.74) is 37.0. The van der Waals surface area contributed by atoms with Crippen molar-refractivity contribution in [3.8, 4) is 122 Å². The third kappa shape index (κ3) is 24.7. The van der Waals surface area contributed by atoms with Crippen molar-refractivity contribution >= 4 is 0 Å². The van der Waals surface area contributed by atoms with E-state index in [-0.39, 0.29) is 0 Å². The molecule has 0 bridgehead atoms. The standard InChI is InChI=1S/5C19H16.C13H12.C7H8/c1-15-7-5-10-17(13-15)19-12-6-11-18(14-19)16-8-3-2-4-9-16;1-15-8-5-6-13-19(15)18-12-7-11-17(14-18)16-9-3-2-4-10-16;1-15-6-5-9-19(14-15)18-12-10-17(11-13-18)16-7-3-2-4-8-16;1-15-10-12-17(13-11-15)19-9-5-8-18(14-19)16-6-3-2-4-7-16;1-15-7-9-17(10-8-15)19-13-11-18(12-14-19)16-5-3-2-4-6-16;1-11-7-9-13(10-8-11)12-5-3-2-4-6-12;1-7-5-3-2-4-6-7/h5*2-14H,1H3;2-10H,1H3;2-6H,1H3. The van der Waals surface area contributed by atoms with Gasteiger partial charge in [0.05, 0.1) is 0 Å². The highest BCUT2D eigenvalue weighted by Gasteiger charge is 2.08. The minimum absolute atomic E-state index is 1.26. The molecule has 0 amide bonds. The maximum absolute atomic E-state index is 2.26. The Balaban J connectivity index is 0.000000126. The van der Waals surface area contributed by atoms with E-state index < -0.39 is 0 Å². The van der Waals surface area contributed by atoms with Crippen LogP contribution in [0.4, 0.5) is 0 Å². The monoisotopic (exact) mass is 1480 g/mol. The van der Waals surface area contributed by atoms with Crippen molar-refractivity contribution in [2.24, 2.45) is 0 Å². The molecule has 560 valence electrons. The summed E-state index contributed by atoms with van der Waals surface area (Å²) in [4.78, 5) is 0. The molecule has 0 aliphatic carbocycles. The first-order chi connectivity index (χ1) is 56.4. The molecule has 0 fully saturated rings. The Labute approximate surface area is 684 Å². The van der Waals surface area contributed by atoms with Crippen LogP contribution in [0.25, 0.3) is 122 Å². The Bertz CT molecular complexity index is 5860. The summed E-state index contributed by atoms with van der Waals surface area (Å²) in [6.45, 7) is 14.8. The van der Waals surface area contributed by atoms with Crippen molar-refractivity contribution in [3.63, 3.8) is 0 Å². The zero-order chi connectivity index (χ0) is 79.6. The van der Waals surface area contributed by atoms with Crippen LogP contribution in [-0.2, 0) is 0 Å². The van der Waals surface area contributed by atoms with Gasteiger partial charge in [0, 0.05) is 0 Å². The molecule has 115 heavy (non-hydrogen) atoms. The smallest absolute Gasteiger partial charge is 0.0155 e. The number of aryl methyl sites for hydroxylation is 7. The van der Waals surface area contributed by atoms with Gasteiger partial charge in [-0.1, -0.05) is 494 Å². The van der Waals surface area contributed by atoms with E-state index in [4.69, 9.17) is 0 Å². The normalized spacial score (nSPS) is 10.2. The van der Waals surface area contributed by atoms with Gasteiger partial charge in [0.15, 0.2) is 0 Å². The largest absolute Gasteiger partial charge is 0.0622 e. The van der Waals surface area contributed by atoms with Crippen molar-refractivity contribution in [2.75, 3.05) is 0 Å². The molecule has 0 nitrogen and oxygen atoms in total. The van der Waals surface area contributed by atoms with Crippen LogP contribution in [0.5, 0.6) is 0 Å². The highest BCUT2D eigenvalue weighted by Crippen LogP contribution is 2.33. The molecular formula is C115H100. The van der Waals surface area contributed by atoms with E-state index in [1.807, 2.05) is 48.5 Å². The van der Waals surface area contributed by atoms with Gasteiger partial charge in [-0.25, -0.2) is 0 Å². The molecule has 0 aromatic heterocycles. The highest BCUT2D eigenvalue weighted by atomic mass is 14.1. The Morgan fingerprint density at radius 3 is 0.513 bits per heavy atom. The third-order valence-electron chi connectivity index (χ3n) is 19.9. The second-order valence-corrected chi connectivity index (χ2v) is 28.9. The highest BCUT2D eigenvalue weighted by molar-refractivity contribution is 5.78. The molecule has 0 atom stereocenters. The molecular weight excluding hydrogens is 1380 g/mol. The van der Waals surface area contributed by atoms with E-state index >= 15 is 0 Å². The van der Waals surface area contributed by atoms with Gasteiger partial charge < -0.3 is 0 Å². The third-order valence-corrected chi connectivity index (χ3v) is 19.9. The lowest BCUT2D eigenvalue weighted by molar-refractivity contribution is 1.46. The van der Waals surface area contributed by atoms with Crippen LogP contribution in [0.15, 0.2) is 479 Å². The summed E-state index contributed by atoms with van der Waals surface area (Å²) in [5.74, 6) is 0. The average molecular weight is 1480 g/mol. The van der Waals surface area contributed by atoms with Gasteiger partial charge in [0.2, 0.25) is 0 Å². The van der Waals surface area contributed by atoms with E-state index in [2.05, 4.69) is 479 Å². The molecule has 18 rings (SSSR count). The molecule has 0 spiro atoms. The summed E-state index contributed by atoms with van der Waals surface area (Å²) < 4.78 is 0. The number of hydrogen-bond donors (Lipinski definition) is 0. The van der Waals surface area contributed by atoms with Crippen molar-refractivity contribution in [3.05, 3.63) is 518 Å². The van der Waals surface area contributed by atoms with Crippen LogP contribution in [0, 0.1) is 48.5 Å². The molecule has 0 unspecified atom stereocenters. The molecule has 18 aromatic rings. The van der Waals surface area contributed by atoms with Crippen molar-refractivity contribution in [2.45, 2.75) is 48.5 Å². The fourth-order valence-electron chi connectivity index (χ4n) is 13.4. The molecule has 0 heteroatoms. The fourth-order valence-corrected chi connectivity index (χ4v) is 13.4. The van der Waals surface area contributed by atoms with Crippen LogP contribution >= 0.6 is 0 Å². The molecule has 0 aliphatic heterocycles. The van der Waals surface area contributed by atoms with E-state index in [0.717, 1.165) is 0 Å². The molecule has 0 heterocycles. The van der Waals surface area contributed by atoms with Gasteiger partial charge in [-0.05, 0) is 195 Å². The average Bonchev–Trinajstić information content (AvgIpc) is 0.836. The SMILES string of the molecule is Cc1ccc(-c2ccc(-c3ccccc3)cc2)cc1.Cc1ccc(-c2cccc(-c3ccccc3)c2)cc1.Cc1ccc(-c2ccccc2)cc1.Cc1cccc(-c2ccc(-c3ccccc3)cc2)c1.Cc1cccc(-c2cccc(-c3ccccc3)c2)c1.Cc1ccccc1.Cc1ccccc1-c1cccc(-c2ccccc2)c1. The van der Waals surface area contributed by atoms with Gasteiger partial charge in [0.1, 0.15) is 0 Å². The summed E-state index contributed by atoms with van der Waals surface area (Å²) >= 11 is 0. The zero-order valence-corrected chi connectivity index (χ0v) is 67.1. The topological polar surface area (TPSA) is 0 Å². The van der Waals surface area contributed by atoms with Gasteiger partial charge in [-0.2, -0.15) is 0 Å². The predicted molar refractivity (Wildman–Crippen MR) is 498 cm³/mol. The lowest BCUT2D eigenvalue weighted by Crippen LogP contribution is -1.84.